The van der Waals surface area contributed by atoms with Gasteiger partial charge in [0.05, 0.1) is 0 Å². The number of fused-ring (bicyclic) bond motifs is 1. The molecule has 1 aliphatic rings. The molecule has 1 aromatic heterocycles. The second kappa shape index (κ2) is 9.31. The molecular formula is C30H24N4O. The van der Waals surface area contributed by atoms with Gasteiger partial charge < -0.3 is 10.1 Å². The Kier molecular flexibility index (Phi) is 5.57. The Bertz CT molecular complexity index is 1440. The van der Waals surface area contributed by atoms with Gasteiger partial charge in [0.15, 0.2) is 0 Å². The van der Waals surface area contributed by atoms with Gasteiger partial charge in [-0.25, -0.2) is 4.68 Å². The fourth-order valence-corrected chi connectivity index (χ4v) is 4.31. The highest BCUT2D eigenvalue weighted by Crippen LogP contribution is 2.33. The van der Waals surface area contributed by atoms with Gasteiger partial charge in [-0.3, -0.25) is 0 Å². The summed E-state index contributed by atoms with van der Waals surface area (Å²) >= 11 is 0. The van der Waals surface area contributed by atoms with Crippen LogP contribution in [0.3, 0.4) is 0 Å². The fourth-order valence-electron chi connectivity index (χ4n) is 4.31. The normalized spacial score (nSPS) is 14.5. The van der Waals surface area contributed by atoms with Crippen LogP contribution >= 0.6 is 0 Å². The largest absolute Gasteiger partial charge is 0.489 e. The van der Waals surface area contributed by atoms with E-state index in [1.165, 1.54) is 11.1 Å². The Balaban J connectivity index is 1.24. The van der Waals surface area contributed by atoms with Crippen molar-refractivity contribution >= 4 is 11.6 Å². The summed E-state index contributed by atoms with van der Waals surface area (Å²) in [5.41, 5.74) is 6.77. The maximum Gasteiger partial charge on any atom is 0.226 e. The Labute approximate surface area is 204 Å². The Hall–Kier alpha value is -4.64. The summed E-state index contributed by atoms with van der Waals surface area (Å²) in [7, 11) is 0. The van der Waals surface area contributed by atoms with E-state index in [4.69, 9.17) is 4.74 Å². The van der Waals surface area contributed by atoms with E-state index in [2.05, 4.69) is 94.3 Å². The predicted molar refractivity (Wildman–Crippen MR) is 139 cm³/mol. The average Bonchev–Trinajstić information content (AvgIpc) is 3.42. The van der Waals surface area contributed by atoms with Gasteiger partial charge in [-0.05, 0) is 46.0 Å². The summed E-state index contributed by atoms with van der Waals surface area (Å²) in [6.45, 7) is 0.545. The van der Waals surface area contributed by atoms with Crippen molar-refractivity contribution in [2.75, 3.05) is 5.32 Å². The third kappa shape index (κ3) is 4.44. The van der Waals surface area contributed by atoms with Gasteiger partial charge in [0.25, 0.3) is 0 Å². The van der Waals surface area contributed by atoms with Crippen molar-refractivity contribution in [3.63, 3.8) is 0 Å². The van der Waals surface area contributed by atoms with Crippen LogP contribution in [0.2, 0.25) is 0 Å². The number of rotatable bonds is 6. The zero-order valence-electron chi connectivity index (χ0n) is 19.1. The second-order valence-corrected chi connectivity index (χ2v) is 8.47. The van der Waals surface area contributed by atoms with Crippen LogP contribution < -0.4 is 10.1 Å². The van der Waals surface area contributed by atoms with Crippen molar-refractivity contribution in [3.8, 4) is 16.9 Å². The van der Waals surface area contributed by atoms with E-state index >= 15 is 0 Å². The standard InChI is InChI=1S/C30H24N4O/c1-3-7-22(8-4-1)20-35-27-17-15-26(16-18-27)29-19-28(33-30-31-21-32-34(29)30)25-13-11-24(12-14-25)23-9-5-2-6-10-23/h1-19,21,29H,20H2,(H,31,32,33)/t29-/m0/s1. The number of anilines is 1. The first-order valence-corrected chi connectivity index (χ1v) is 11.6. The molecule has 0 radical (unpaired) electrons. The fraction of sp³-hybridized carbons (Fsp3) is 0.0667. The van der Waals surface area contributed by atoms with Crippen molar-refractivity contribution in [1.29, 1.82) is 0 Å². The molecule has 170 valence electrons. The van der Waals surface area contributed by atoms with Gasteiger partial charge in [-0.2, -0.15) is 10.1 Å². The van der Waals surface area contributed by atoms with E-state index in [1.807, 2.05) is 41.1 Å². The lowest BCUT2D eigenvalue weighted by Crippen LogP contribution is -2.20. The SMILES string of the molecule is C1=C(c2ccc(-c3ccccc3)cc2)Nc2ncnn2[C@@H]1c1ccc(OCc2ccccc2)cc1. The van der Waals surface area contributed by atoms with E-state index in [0.29, 0.717) is 6.61 Å². The molecule has 0 fully saturated rings. The third-order valence-corrected chi connectivity index (χ3v) is 6.18. The molecule has 0 spiro atoms. The first-order valence-electron chi connectivity index (χ1n) is 11.6. The maximum atomic E-state index is 5.96. The molecule has 2 heterocycles. The van der Waals surface area contributed by atoms with Gasteiger partial charge in [-0.15, -0.1) is 0 Å². The molecule has 1 N–H and O–H groups in total. The van der Waals surface area contributed by atoms with E-state index in [1.54, 1.807) is 6.33 Å². The number of allylic oxidation sites excluding steroid dienone is 1. The molecule has 0 amide bonds. The van der Waals surface area contributed by atoms with Crippen LogP contribution in [0.4, 0.5) is 5.95 Å². The van der Waals surface area contributed by atoms with E-state index < -0.39 is 0 Å². The highest BCUT2D eigenvalue weighted by atomic mass is 16.5. The average molecular weight is 457 g/mol. The molecule has 0 aliphatic carbocycles. The highest BCUT2D eigenvalue weighted by molar-refractivity contribution is 5.78. The van der Waals surface area contributed by atoms with Crippen LogP contribution in [-0.2, 0) is 6.61 Å². The summed E-state index contributed by atoms with van der Waals surface area (Å²) in [5, 5.41) is 7.89. The molecule has 5 aromatic rings. The van der Waals surface area contributed by atoms with Gasteiger partial charge in [0.2, 0.25) is 5.95 Å². The summed E-state index contributed by atoms with van der Waals surface area (Å²) in [4.78, 5) is 4.43. The number of aromatic nitrogens is 3. The molecule has 1 aliphatic heterocycles. The number of ether oxygens (including phenoxy) is 1. The van der Waals surface area contributed by atoms with Crippen LogP contribution in [0.25, 0.3) is 16.8 Å². The Morgan fingerprint density at radius 3 is 2.11 bits per heavy atom. The molecule has 5 heteroatoms. The van der Waals surface area contributed by atoms with Crippen LogP contribution in [-0.4, -0.2) is 14.8 Å². The van der Waals surface area contributed by atoms with Crippen LogP contribution in [0, 0.1) is 0 Å². The number of benzene rings is 4. The molecule has 5 nitrogen and oxygen atoms in total. The van der Waals surface area contributed by atoms with Crippen molar-refractivity contribution < 1.29 is 4.74 Å². The summed E-state index contributed by atoms with van der Waals surface area (Å²) in [6, 6.07) is 37.3. The van der Waals surface area contributed by atoms with E-state index in [9.17, 15) is 0 Å². The second-order valence-electron chi connectivity index (χ2n) is 8.47. The number of hydrogen-bond donors (Lipinski definition) is 1. The topological polar surface area (TPSA) is 52.0 Å². The van der Waals surface area contributed by atoms with Crippen molar-refractivity contribution in [2.45, 2.75) is 12.6 Å². The van der Waals surface area contributed by atoms with Crippen LogP contribution in [0.15, 0.2) is 122 Å². The maximum absolute atomic E-state index is 5.96. The molecule has 4 aromatic carbocycles. The molecule has 1 atom stereocenters. The smallest absolute Gasteiger partial charge is 0.226 e. The lowest BCUT2D eigenvalue weighted by atomic mass is 9.99. The third-order valence-electron chi connectivity index (χ3n) is 6.18. The van der Waals surface area contributed by atoms with Gasteiger partial charge in [0, 0.05) is 5.70 Å². The first kappa shape index (κ1) is 20.9. The van der Waals surface area contributed by atoms with E-state index in [-0.39, 0.29) is 6.04 Å². The summed E-state index contributed by atoms with van der Waals surface area (Å²) in [6.07, 6.45) is 3.78. The monoisotopic (exact) mass is 456 g/mol. The lowest BCUT2D eigenvalue weighted by Gasteiger charge is -2.24. The highest BCUT2D eigenvalue weighted by Gasteiger charge is 2.23. The minimum absolute atomic E-state index is 0.0688. The zero-order chi connectivity index (χ0) is 23.5. The molecule has 0 unspecified atom stereocenters. The number of nitrogens with zero attached hydrogens (tertiary/aromatic N) is 3. The summed E-state index contributed by atoms with van der Waals surface area (Å²) < 4.78 is 7.87. The van der Waals surface area contributed by atoms with E-state index in [0.717, 1.165) is 34.1 Å². The molecule has 0 bridgehead atoms. The lowest BCUT2D eigenvalue weighted by molar-refractivity contribution is 0.306. The molecule has 0 saturated carbocycles. The first-order chi connectivity index (χ1) is 17.3. The molecule has 6 rings (SSSR count). The number of hydrogen-bond acceptors (Lipinski definition) is 4. The van der Waals surface area contributed by atoms with Crippen LogP contribution in [0.1, 0.15) is 22.7 Å². The summed E-state index contributed by atoms with van der Waals surface area (Å²) in [5.74, 6) is 1.56. The van der Waals surface area contributed by atoms with Crippen molar-refractivity contribution in [2.24, 2.45) is 0 Å². The van der Waals surface area contributed by atoms with Crippen molar-refractivity contribution in [3.05, 3.63) is 138 Å². The minimum atomic E-state index is -0.0688. The zero-order valence-corrected chi connectivity index (χ0v) is 19.1. The molecule has 35 heavy (non-hydrogen) atoms. The Morgan fingerprint density at radius 1 is 0.714 bits per heavy atom. The molecular weight excluding hydrogens is 432 g/mol. The van der Waals surface area contributed by atoms with Gasteiger partial charge in [-0.1, -0.05) is 97.1 Å². The minimum Gasteiger partial charge on any atom is -0.489 e. The Morgan fingerprint density at radius 2 is 1.37 bits per heavy atom. The van der Waals surface area contributed by atoms with Gasteiger partial charge >= 0.3 is 0 Å². The van der Waals surface area contributed by atoms with Gasteiger partial charge in [0.1, 0.15) is 24.7 Å². The predicted octanol–water partition coefficient (Wildman–Crippen LogP) is 6.58. The number of nitrogens with one attached hydrogen (secondary N) is 1. The quantitative estimate of drug-likeness (QED) is 0.314. The van der Waals surface area contributed by atoms with Crippen molar-refractivity contribution in [1.82, 2.24) is 14.8 Å². The molecule has 0 saturated heterocycles. The van der Waals surface area contributed by atoms with Crippen LogP contribution in [0.5, 0.6) is 5.75 Å².